The van der Waals surface area contributed by atoms with Gasteiger partial charge in [0.2, 0.25) is 11.8 Å². The van der Waals surface area contributed by atoms with Crippen LogP contribution in [0, 0.1) is 25.7 Å². The summed E-state index contributed by atoms with van der Waals surface area (Å²) in [5.74, 6) is -1.03. The van der Waals surface area contributed by atoms with Gasteiger partial charge in [-0.2, -0.15) is 0 Å². The summed E-state index contributed by atoms with van der Waals surface area (Å²) in [5.41, 5.74) is 5.07. The van der Waals surface area contributed by atoms with Crippen LogP contribution in [0.2, 0.25) is 0 Å². The van der Waals surface area contributed by atoms with Gasteiger partial charge in [0.1, 0.15) is 0 Å². The Labute approximate surface area is 170 Å². The van der Waals surface area contributed by atoms with Crippen LogP contribution in [0.1, 0.15) is 41.3 Å². The maximum atomic E-state index is 12.8. The number of imide groups is 1. The van der Waals surface area contributed by atoms with Crippen LogP contribution >= 0.6 is 0 Å². The maximum absolute atomic E-state index is 12.8. The number of hydrogen-bond acceptors (Lipinski definition) is 3. The quantitative estimate of drug-likeness (QED) is 0.626. The van der Waals surface area contributed by atoms with Crippen molar-refractivity contribution in [2.45, 2.75) is 33.6 Å². The van der Waals surface area contributed by atoms with Crippen LogP contribution < -0.4 is 10.2 Å². The van der Waals surface area contributed by atoms with Gasteiger partial charge in [0.15, 0.2) is 0 Å². The van der Waals surface area contributed by atoms with E-state index in [1.165, 1.54) is 4.90 Å². The van der Waals surface area contributed by atoms with Crippen molar-refractivity contribution in [2.75, 3.05) is 10.2 Å². The molecule has 0 bridgehead atoms. The molecule has 1 saturated heterocycles. The van der Waals surface area contributed by atoms with Crippen LogP contribution in [-0.2, 0) is 9.59 Å². The third-order valence-corrected chi connectivity index (χ3v) is 6.06. The number of allylic oxidation sites excluding steroid dienone is 2. The summed E-state index contributed by atoms with van der Waals surface area (Å²) >= 11 is 0. The summed E-state index contributed by atoms with van der Waals surface area (Å²) in [6, 6.07) is 12.4. The summed E-state index contributed by atoms with van der Waals surface area (Å²) < 4.78 is 0. The van der Waals surface area contributed by atoms with Crippen molar-refractivity contribution in [3.63, 3.8) is 0 Å². The van der Waals surface area contributed by atoms with E-state index in [9.17, 15) is 14.4 Å². The Balaban J connectivity index is 1.52. The Bertz CT molecular complexity index is 1040. The first-order valence-corrected chi connectivity index (χ1v) is 9.88. The molecule has 29 heavy (non-hydrogen) atoms. The molecule has 2 aromatic rings. The molecule has 0 spiro atoms. The van der Waals surface area contributed by atoms with Crippen molar-refractivity contribution in [1.29, 1.82) is 0 Å². The molecule has 4 rings (SSSR count). The van der Waals surface area contributed by atoms with E-state index in [0.717, 1.165) is 22.4 Å². The Morgan fingerprint density at radius 3 is 2.38 bits per heavy atom. The van der Waals surface area contributed by atoms with Gasteiger partial charge in [-0.25, -0.2) is 0 Å². The van der Waals surface area contributed by atoms with E-state index in [1.807, 2.05) is 39.0 Å². The van der Waals surface area contributed by atoms with Crippen molar-refractivity contribution < 1.29 is 14.4 Å². The predicted octanol–water partition coefficient (Wildman–Crippen LogP) is 4.40. The van der Waals surface area contributed by atoms with E-state index in [1.54, 1.807) is 24.3 Å². The van der Waals surface area contributed by atoms with Gasteiger partial charge in [-0.1, -0.05) is 23.8 Å². The second-order valence-corrected chi connectivity index (χ2v) is 7.96. The molecule has 2 aliphatic rings. The fraction of sp³-hybridized carbons (Fsp3) is 0.292. The molecule has 2 atom stereocenters. The average molecular weight is 388 g/mol. The van der Waals surface area contributed by atoms with Crippen LogP contribution in [0.3, 0.4) is 0 Å². The van der Waals surface area contributed by atoms with Crippen LogP contribution in [0.4, 0.5) is 11.4 Å². The first kappa shape index (κ1) is 19.1. The summed E-state index contributed by atoms with van der Waals surface area (Å²) in [7, 11) is 0. The highest BCUT2D eigenvalue weighted by molar-refractivity contribution is 6.22. The third-order valence-electron chi connectivity index (χ3n) is 6.06. The molecule has 0 aromatic heterocycles. The lowest BCUT2D eigenvalue weighted by Gasteiger charge is -2.18. The number of carbonyl (C=O) groups excluding carboxylic acids is 3. The number of benzene rings is 2. The van der Waals surface area contributed by atoms with Crippen LogP contribution in [0.25, 0.3) is 0 Å². The minimum atomic E-state index is -0.265. The molecule has 1 aliphatic carbocycles. The number of rotatable bonds is 3. The Kier molecular flexibility index (Phi) is 4.82. The van der Waals surface area contributed by atoms with E-state index in [-0.39, 0.29) is 29.6 Å². The van der Waals surface area contributed by atoms with E-state index >= 15 is 0 Å². The minimum Gasteiger partial charge on any atom is -0.322 e. The summed E-state index contributed by atoms with van der Waals surface area (Å²) in [5, 5.41) is 2.93. The third kappa shape index (κ3) is 3.37. The number of amides is 3. The van der Waals surface area contributed by atoms with Gasteiger partial charge in [0.05, 0.1) is 17.5 Å². The topological polar surface area (TPSA) is 66.5 Å². The minimum absolute atomic E-state index is 0.139. The number of fused-ring (bicyclic) bond motifs is 1. The van der Waals surface area contributed by atoms with Crippen molar-refractivity contribution in [2.24, 2.45) is 11.8 Å². The van der Waals surface area contributed by atoms with E-state index in [2.05, 4.69) is 11.4 Å². The first-order valence-electron chi connectivity index (χ1n) is 9.88. The monoisotopic (exact) mass is 388 g/mol. The van der Waals surface area contributed by atoms with Gasteiger partial charge in [0, 0.05) is 11.3 Å². The first-order chi connectivity index (χ1) is 13.9. The van der Waals surface area contributed by atoms with E-state index < -0.39 is 0 Å². The number of aryl methyl sites for hydroxylation is 1. The fourth-order valence-electron chi connectivity index (χ4n) is 4.13. The fourth-order valence-corrected chi connectivity index (χ4v) is 4.13. The van der Waals surface area contributed by atoms with Gasteiger partial charge < -0.3 is 5.32 Å². The lowest BCUT2D eigenvalue weighted by molar-refractivity contribution is -0.122. The molecular formula is C24H24N2O3. The van der Waals surface area contributed by atoms with E-state index in [4.69, 9.17) is 0 Å². The van der Waals surface area contributed by atoms with Gasteiger partial charge in [-0.05, 0) is 75.1 Å². The smallest absolute Gasteiger partial charge is 0.255 e. The Hall–Kier alpha value is -3.21. The summed E-state index contributed by atoms with van der Waals surface area (Å²) in [6.07, 6.45) is 3.31. The number of anilines is 2. The predicted molar refractivity (Wildman–Crippen MR) is 113 cm³/mol. The zero-order valence-electron chi connectivity index (χ0n) is 16.9. The highest BCUT2D eigenvalue weighted by Gasteiger charge is 2.48. The highest BCUT2D eigenvalue weighted by Crippen LogP contribution is 2.39. The van der Waals surface area contributed by atoms with Crippen LogP contribution in [0.15, 0.2) is 54.1 Å². The van der Waals surface area contributed by atoms with Gasteiger partial charge in [-0.15, -0.1) is 0 Å². The average Bonchev–Trinajstić information content (AvgIpc) is 2.95. The van der Waals surface area contributed by atoms with Crippen molar-refractivity contribution in [1.82, 2.24) is 0 Å². The van der Waals surface area contributed by atoms with Gasteiger partial charge >= 0.3 is 0 Å². The molecule has 1 heterocycles. The number of hydrogen-bond donors (Lipinski definition) is 1. The van der Waals surface area contributed by atoms with Crippen LogP contribution in [-0.4, -0.2) is 17.7 Å². The summed E-state index contributed by atoms with van der Waals surface area (Å²) in [6.45, 7) is 5.97. The molecular weight excluding hydrogens is 364 g/mol. The number of carbonyl (C=O) groups is 3. The largest absolute Gasteiger partial charge is 0.322 e. The maximum Gasteiger partial charge on any atom is 0.255 e. The molecule has 2 aromatic carbocycles. The SMILES string of the molecule is CC1=CC[C@H]2C(=O)N(c3ccc(C(=O)Nc4cccc(C)c4C)cc3)C(=O)[C@H]2C1. The van der Waals surface area contributed by atoms with Gasteiger partial charge in [-0.3, -0.25) is 19.3 Å². The highest BCUT2D eigenvalue weighted by atomic mass is 16.2. The molecule has 0 saturated carbocycles. The number of nitrogens with zero attached hydrogens (tertiary/aromatic N) is 1. The molecule has 1 aliphatic heterocycles. The second kappa shape index (κ2) is 7.32. The van der Waals surface area contributed by atoms with Gasteiger partial charge in [0.25, 0.3) is 5.91 Å². The lowest BCUT2D eigenvalue weighted by Crippen LogP contribution is -2.30. The molecule has 0 unspecified atom stereocenters. The van der Waals surface area contributed by atoms with Crippen LogP contribution in [0.5, 0.6) is 0 Å². The molecule has 1 fully saturated rings. The molecule has 1 N–H and O–H groups in total. The van der Waals surface area contributed by atoms with Crippen molar-refractivity contribution in [3.8, 4) is 0 Å². The normalized spacial score (nSPS) is 21.1. The molecule has 5 nitrogen and oxygen atoms in total. The lowest BCUT2D eigenvalue weighted by atomic mass is 9.82. The standard InChI is InChI=1S/C24H24N2O3/c1-14-7-12-19-20(13-14)24(29)26(23(19)28)18-10-8-17(9-11-18)22(27)25-21-6-4-5-15(2)16(21)3/h4-11,19-20H,12-13H2,1-3H3,(H,25,27)/t19-,20+/m1/s1. The Morgan fingerprint density at radius 2 is 1.66 bits per heavy atom. The molecule has 3 amide bonds. The van der Waals surface area contributed by atoms with Crippen molar-refractivity contribution >= 4 is 29.1 Å². The second-order valence-electron chi connectivity index (χ2n) is 7.96. The molecule has 0 radical (unpaired) electrons. The number of nitrogens with one attached hydrogen (secondary N) is 1. The van der Waals surface area contributed by atoms with E-state index in [0.29, 0.717) is 24.1 Å². The summed E-state index contributed by atoms with van der Waals surface area (Å²) in [4.78, 5) is 39.5. The zero-order chi connectivity index (χ0) is 20.7. The van der Waals surface area contributed by atoms with Crippen molar-refractivity contribution in [3.05, 3.63) is 70.8 Å². The molecule has 148 valence electrons. The molecule has 5 heteroatoms. The zero-order valence-corrected chi connectivity index (χ0v) is 16.9. The Morgan fingerprint density at radius 1 is 0.966 bits per heavy atom.